The number of anilines is 1. The summed E-state index contributed by atoms with van der Waals surface area (Å²) < 4.78 is 30.5. The summed E-state index contributed by atoms with van der Waals surface area (Å²) >= 11 is 0. The third kappa shape index (κ3) is 5.48. The standard InChI is InChI=1S/C17H12F2N2O5/c18-14-7-4-12(9-15(14)19)20-16(22)10-26-17(23)8-3-11-1-5-13(6-2-11)21(24)25/h1-9H,10H2,(H,20,22)/b8-3+. The highest BCUT2D eigenvalue weighted by molar-refractivity contribution is 5.94. The number of non-ortho nitro benzene ring substituents is 1. The van der Waals surface area contributed by atoms with Crippen molar-refractivity contribution in [2.24, 2.45) is 0 Å². The number of nitro groups is 1. The largest absolute Gasteiger partial charge is 0.452 e. The van der Waals surface area contributed by atoms with Gasteiger partial charge in [0.25, 0.3) is 11.6 Å². The lowest BCUT2D eigenvalue weighted by Crippen LogP contribution is -2.20. The lowest BCUT2D eigenvalue weighted by atomic mass is 10.2. The van der Waals surface area contributed by atoms with E-state index in [2.05, 4.69) is 5.32 Å². The zero-order chi connectivity index (χ0) is 19.1. The van der Waals surface area contributed by atoms with E-state index in [-0.39, 0.29) is 11.4 Å². The third-order valence-electron chi connectivity index (χ3n) is 3.06. The van der Waals surface area contributed by atoms with Crippen molar-refractivity contribution in [3.63, 3.8) is 0 Å². The van der Waals surface area contributed by atoms with Gasteiger partial charge in [0.1, 0.15) is 0 Å². The topological polar surface area (TPSA) is 98.5 Å². The highest BCUT2D eigenvalue weighted by atomic mass is 19.2. The highest BCUT2D eigenvalue weighted by Crippen LogP contribution is 2.14. The Morgan fingerprint density at radius 3 is 2.42 bits per heavy atom. The maximum Gasteiger partial charge on any atom is 0.331 e. The first-order valence-electron chi connectivity index (χ1n) is 7.19. The molecule has 2 aromatic carbocycles. The first-order chi connectivity index (χ1) is 12.3. The Hall–Kier alpha value is -3.62. The molecule has 0 aliphatic heterocycles. The molecule has 7 nitrogen and oxygen atoms in total. The second-order valence-corrected chi connectivity index (χ2v) is 4.97. The Morgan fingerprint density at radius 1 is 1.12 bits per heavy atom. The smallest absolute Gasteiger partial charge is 0.331 e. The number of carbonyl (C=O) groups excluding carboxylic acids is 2. The van der Waals surface area contributed by atoms with Crippen molar-refractivity contribution in [1.29, 1.82) is 0 Å². The van der Waals surface area contributed by atoms with Crippen LogP contribution in [0.25, 0.3) is 6.08 Å². The molecule has 134 valence electrons. The number of hydrogen-bond donors (Lipinski definition) is 1. The number of nitrogens with one attached hydrogen (secondary N) is 1. The minimum atomic E-state index is -1.12. The molecule has 26 heavy (non-hydrogen) atoms. The Bertz CT molecular complexity index is 866. The Kier molecular flexibility index (Phi) is 6.10. The Labute approximate surface area is 146 Å². The summed E-state index contributed by atoms with van der Waals surface area (Å²) in [6.45, 7) is -0.623. The maximum absolute atomic E-state index is 13.0. The van der Waals surface area contributed by atoms with Gasteiger partial charge < -0.3 is 10.1 Å². The van der Waals surface area contributed by atoms with Crippen molar-refractivity contribution in [2.75, 3.05) is 11.9 Å². The number of rotatable bonds is 6. The van der Waals surface area contributed by atoms with Crippen LogP contribution in [-0.4, -0.2) is 23.4 Å². The summed E-state index contributed by atoms with van der Waals surface area (Å²) in [5.41, 5.74) is 0.462. The zero-order valence-electron chi connectivity index (χ0n) is 13.1. The second-order valence-electron chi connectivity index (χ2n) is 4.97. The van der Waals surface area contributed by atoms with Crippen LogP contribution in [0.1, 0.15) is 5.56 Å². The quantitative estimate of drug-likeness (QED) is 0.369. The van der Waals surface area contributed by atoms with E-state index >= 15 is 0 Å². The van der Waals surface area contributed by atoms with E-state index in [0.29, 0.717) is 5.56 Å². The third-order valence-corrected chi connectivity index (χ3v) is 3.06. The van der Waals surface area contributed by atoms with Crippen LogP contribution in [0.15, 0.2) is 48.5 Å². The van der Waals surface area contributed by atoms with Crippen LogP contribution in [0.2, 0.25) is 0 Å². The van der Waals surface area contributed by atoms with Gasteiger partial charge in [-0.05, 0) is 35.9 Å². The molecule has 9 heteroatoms. The molecule has 0 bridgehead atoms. The maximum atomic E-state index is 13.0. The van der Waals surface area contributed by atoms with Crippen molar-refractivity contribution in [3.05, 3.63) is 75.9 Å². The predicted molar refractivity (Wildman–Crippen MR) is 88.1 cm³/mol. The van der Waals surface area contributed by atoms with Gasteiger partial charge in [0.2, 0.25) is 0 Å². The predicted octanol–water partition coefficient (Wildman–Crippen LogP) is 3.07. The van der Waals surface area contributed by atoms with E-state index in [9.17, 15) is 28.5 Å². The molecule has 1 N–H and O–H groups in total. The van der Waals surface area contributed by atoms with Crippen LogP contribution in [0.3, 0.4) is 0 Å². The zero-order valence-corrected chi connectivity index (χ0v) is 13.1. The summed E-state index contributed by atoms with van der Waals surface area (Å²) in [5.74, 6) is -3.71. The molecule has 0 radical (unpaired) electrons. The molecular formula is C17H12F2N2O5. The summed E-state index contributed by atoms with van der Waals surface area (Å²) in [4.78, 5) is 33.1. The first-order valence-corrected chi connectivity index (χ1v) is 7.19. The molecule has 0 heterocycles. The van der Waals surface area contributed by atoms with Crippen LogP contribution in [-0.2, 0) is 14.3 Å². The normalized spacial score (nSPS) is 10.5. The van der Waals surface area contributed by atoms with Crippen LogP contribution in [0.5, 0.6) is 0 Å². The molecular weight excluding hydrogens is 350 g/mol. The number of benzene rings is 2. The van der Waals surface area contributed by atoms with Gasteiger partial charge in [-0.3, -0.25) is 14.9 Å². The molecule has 0 fully saturated rings. The molecule has 1 amide bonds. The number of hydrogen-bond acceptors (Lipinski definition) is 5. The molecule has 2 aromatic rings. The molecule has 0 aliphatic rings. The summed E-state index contributed by atoms with van der Waals surface area (Å²) in [7, 11) is 0. The summed E-state index contributed by atoms with van der Waals surface area (Å²) in [6.07, 6.45) is 2.41. The summed E-state index contributed by atoms with van der Waals surface area (Å²) in [5, 5.41) is 12.8. The van der Waals surface area contributed by atoms with Crippen molar-refractivity contribution in [1.82, 2.24) is 0 Å². The molecule has 0 saturated heterocycles. The number of amides is 1. The van der Waals surface area contributed by atoms with Crippen LogP contribution < -0.4 is 5.32 Å². The monoisotopic (exact) mass is 362 g/mol. The van der Waals surface area contributed by atoms with Gasteiger partial charge in [0.15, 0.2) is 18.2 Å². The van der Waals surface area contributed by atoms with Crippen molar-refractivity contribution in [3.8, 4) is 0 Å². The fourth-order valence-corrected chi connectivity index (χ4v) is 1.83. The number of nitro benzene ring substituents is 1. The van der Waals surface area contributed by atoms with E-state index in [1.807, 2.05) is 0 Å². The molecule has 0 unspecified atom stereocenters. The van der Waals surface area contributed by atoms with Crippen molar-refractivity contribution in [2.45, 2.75) is 0 Å². The highest BCUT2D eigenvalue weighted by Gasteiger charge is 2.08. The number of ether oxygens (including phenoxy) is 1. The number of carbonyl (C=O) groups is 2. The van der Waals surface area contributed by atoms with Crippen LogP contribution in [0.4, 0.5) is 20.2 Å². The molecule has 0 atom stereocenters. The molecule has 0 aromatic heterocycles. The average Bonchev–Trinajstić information content (AvgIpc) is 2.61. The van der Waals surface area contributed by atoms with E-state index in [0.717, 1.165) is 24.3 Å². The van der Waals surface area contributed by atoms with Gasteiger partial charge in [-0.15, -0.1) is 0 Å². The fraction of sp³-hybridized carbons (Fsp3) is 0.0588. The van der Waals surface area contributed by atoms with Gasteiger partial charge in [-0.25, -0.2) is 13.6 Å². The lowest BCUT2D eigenvalue weighted by Gasteiger charge is -2.05. The van der Waals surface area contributed by atoms with Crippen molar-refractivity contribution < 1.29 is 28.0 Å². The van der Waals surface area contributed by atoms with E-state index in [4.69, 9.17) is 4.74 Å². The van der Waals surface area contributed by atoms with Gasteiger partial charge in [0.05, 0.1) is 4.92 Å². The fourth-order valence-electron chi connectivity index (χ4n) is 1.83. The van der Waals surface area contributed by atoms with Crippen LogP contribution in [0, 0.1) is 21.7 Å². The van der Waals surface area contributed by atoms with Crippen LogP contribution >= 0.6 is 0 Å². The minimum Gasteiger partial charge on any atom is -0.452 e. The lowest BCUT2D eigenvalue weighted by molar-refractivity contribution is -0.384. The number of nitrogens with zero attached hydrogens (tertiary/aromatic N) is 1. The molecule has 0 spiro atoms. The number of halogens is 2. The second kappa shape index (κ2) is 8.47. The van der Waals surface area contributed by atoms with Gasteiger partial charge in [-0.2, -0.15) is 0 Å². The van der Waals surface area contributed by atoms with Gasteiger partial charge in [-0.1, -0.05) is 0 Å². The molecule has 0 saturated carbocycles. The van der Waals surface area contributed by atoms with E-state index < -0.39 is 35.0 Å². The molecule has 0 aliphatic carbocycles. The Balaban J connectivity index is 1.82. The Morgan fingerprint density at radius 2 is 1.81 bits per heavy atom. The van der Waals surface area contributed by atoms with E-state index in [1.54, 1.807) is 0 Å². The number of esters is 1. The van der Waals surface area contributed by atoms with Crippen molar-refractivity contribution >= 4 is 29.3 Å². The average molecular weight is 362 g/mol. The first kappa shape index (κ1) is 18.7. The summed E-state index contributed by atoms with van der Waals surface area (Å²) in [6, 6.07) is 8.25. The van der Waals surface area contributed by atoms with Gasteiger partial charge >= 0.3 is 5.97 Å². The molecule has 2 rings (SSSR count). The SMILES string of the molecule is O=C(COC(=O)/C=C/c1ccc([N+](=O)[O-])cc1)Nc1ccc(F)c(F)c1. The van der Waals surface area contributed by atoms with E-state index in [1.165, 1.54) is 30.3 Å². The minimum absolute atomic E-state index is 0.0198. The van der Waals surface area contributed by atoms with Gasteiger partial charge in [0, 0.05) is 30.0 Å².